The van der Waals surface area contributed by atoms with E-state index in [2.05, 4.69) is 50.0 Å². The molecule has 4 aromatic carbocycles. The average Bonchev–Trinajstić information content (AvgIpc) is 2.78. The molecule has 0 saturated heterocycles. The van der Waals surface area contributed by atoms with Crippen molar-refractivity contribution in [2.75, 3.05) is 38.0 Å². The Bertz CT molecular complexity index is 1160. The highest BCUT2D eigenvalue weighted by Gasteiger charge is 2.37. The smallest absolute Gasteiger partial charge is 0.142 e. The summed E-state index contributed by atoms with van der Waals surface area (Å²) in [4.78, 5) is 4.22. The van der Waals surface area contributed by atoms with Crippen molar-refractivity contribution in [1.82, 2.24) is 0 Å². The number of fused-ring (bicyclic) bond motifs is 1. The quantitative estimate of drug-likeness (QED) is 0.358. The molecule has 0 atom stereocenters. The molecule has 158 valence electrons. The lowest BCUT2D eigenvalue weighted by Gasteiger charge is -2.35. The van der Waals surface area contributed by atoms with Gasteiger partial charge in [-0.25, -0.2) is 0 Å². The van der Waals surface area contributed by atoms with Gasteiger partial charge in [-0.1, -0.05) is 78.9 Å². The standard InChI is InChI=1S/C27H27BrN2O/c1-29(2)25-22(17-15-19-16-18-23(28)26(24(19)25)30(3)4)27(31,20-11-7-5-8-12-20)21-13-9-6-10-14-21/h5-18,31H,1-4H3. The molecule has 0 unspecified atom stereocenters. The van der Waals surface area contributed by atoms with E-state index in [4.69, 9.17) is 0 Å². The third kappa shape index (κ3) is 3.60. The molecule has 0 heterocycles. The van der Waals surface area contributed by atoms with Crippen molar-refractivity contribution in [3.8, 4) is 0 Å². The van der Waals surface area contributed by atoms with E-state index < -0.39 is 5.60 Å². The minimum atomic E-state index is -1.30. The summed E-state index contributed by atoms with van der Waals surface area (Å²) >= 11 is 3.74. The van der Waals surface area contributed by atoms with E-state index in [1.165, 1.54) is 0 Å². The Morgan fingerprint density at radius 3 is 1.61 bits per heavy atom. The van der Waals surface area contributed by atoms with Crippen LogP contribution in [-0.4, -0.2) is 33.3 Å². The normalized spacial score (nSPS) is 11.5. The maximum atomic E-state index is 12.5. The molecule has 4 rings (SSSR count). The zero-order valence-corrected chi connectivity index (χ0v) is 19.9. The van der Waals surface area contributed by atoms with Gasteiger partial charge in [-0.05, 0) is 38.5 Å². The molecular weight excluding hydrogens is 448 g/mol. The van der Waals surface area contributed by atoms with Crippen LogP contribution in [0.4, 0.5) is 11.4 Å². The van der Waals surface area contributed by atoms with Crippen LogP contribution in [-0.2, 0) is 5.60 Å². The third-order valence-electron chi connectivity index (χ3n) is 5.75. The lowest BCUT2D eigenvalue weighted by atomic mass is 9.78. The number of benzene rings is 4. The van der Waals surface area contributed by atoms with Crippen molar-refractivity contribution in [1.29, 1.82) is 0 Å². The predicted molar refractivity (Wildman–Crippen MR) is 135 cm³/mol. The summed E-state index contributed by atoms with van der Waals surface area (Å²) in [5.74, 6) is 0. The summed E-state index contributed by atoms with van der Waals surface area (Å²) in [6.07, 6.45) is 0. The second-order valence-electron chi connectivity index (χ2n) is 8.19. The first-order valence-corrected chi connectivity index (χ1v) is 11.1. The van der Waals surface area contributed by atoms with Crippen molar-refractivity contribution < 1.29 is 5.11 Å². The van der Waals surface area contributed by atoms with Crippen LogP contribution in [0.15, 0.2) is 89.4 Å². The Morgan fingerprint density at radius 2 is 1.13 bits per heavy atom. The number of anilines is 2. The van der Waals surface area contributed by atoms with Gasteiger partial charge in [-0.2, -0.15) is 0 Å². The van der Waals surface area contributed by atoms with Gasteiger partial charge in [0, 0.05) is 43.6 Å². The van der Waals surface area contributed by atoms with Crippen LogP contribution in [0.5, 0.6) is 0 Å². The predicted octanol–water partition coefficient (Wildman–Crippen LogP) is 6.02. The Kier molecular flexibility index (Phi) is 5.78. The van der Waals surface area contributed by atoms with Crippen LogP contribution < -0.4 is 9.80 Å². The molecule has 4 aromatic rings. The minimum Gasteiger partial charge on any atom is -0.377 e. The summed E-state index contributed by atoms with van der Waals surface area (Å²) < 4.78 is 1.02. The van der Waals surface area contributed by atoms with E-state index in [0.717, 1.165) is 43.3 Å². The number of nitrogens with zero attached hydrogens (tertiary/aromatic N) is 2. The fourth-order valence-corrected chi connectivity index (χ4v) is 5.07. The lowest BCUT2D eigenvalue weighted by molar-refractivity contribution is 0.126. The number of hydrogen-bond donors (Lipinski definition) is 1. The number of halogens is 1. The van der Waals surface area contributed by atoms with Gasteiger partial charge in [-0.3, -0.25) is 0 Å². The van der Waals surface area contributed by atoms with E-state index in [1.807, 2.05) is 88.9 Å². The van der Waals surface area contributed by atoms with Gasteiger partial charge in [0.05, 0.1) is 11.4 Å². The van der Waals surface area contributed by atoms with E-state index in [0.29, 0.717) is 0 Å². The summed E-state index contributed by atoms with van der Waals surface area (Å²) in [6.45, 7) is 0. The first-order chi connectivity index (χ1) is 14.9. The highest BCUT2D eigenvalue weighted by atomic mass is 79.9. The number of aliphatic hydroxyl groups is 1. The minimum absolute atomic E-state index is 0.838. The molecule has 0 aliphatic rings. The van der Waals surface area contributed by atoms with Crippen LogP contribution in [0.2, 0.25) is 0 Å². The van der Waals surface area contributed by atoms with Gasteiger partial charge in [0.2, 0.25) is 0 Å². The van der Waals surface area contributed by atoms with E-state index >= 15 is 0 Å². The highest BCUT2D eigenvalue weighted by Crippen LogP contribution is 2.47. The Morgan fingerprint density at radius 1 is 0.645 bits per heavy atom. The van der Waals surface area contributed by atoms with Crippen molar-refractivity contribution >= 4 is 38.1 Å². The Balaban J connectivity index is 2.17. The van der Waals surface area contributed by atoms with Crippen LogP contribution in [0, 0.1) is 0 Å². The first-order valence-electron chi connectivity index (χ1n) is 10.3. The lowest BCUT2D eigenvalue weighted by Crippen LogP contribution is -2.31. The van der Waals surface area contributed by atoms with Crippen molar-refractivity contribution in [3.63, 3.8) is 0 Å². The number of hydrogen-bond acceptors (Lipinski definition) is 3. The molecule has 0 fully saturated rings. The van der Waals surface area contributed by atoms with Crippen LogP contribution >= 0.6 is 15.9 Å². The van der Waals surface area contributed by atoms with Crippen molar-refractivity contribution in [2.24, 2.45) is 0 Å². The average molecular weight is 475 g/mol. The zero-order valence-electron chi connectivity index (χ0n) is 18.3. The molecule has 31 heavy (non-hydrogen) atoms. The molecule has 4 heteroatoms. The van der Waals surface area contributed by atoms with Gasteiger partial charge >= 0.3 is 0 Å². The molecular formula is C27H27BrN2O. The zero-order chi connectivity index (χ0) is 22.2. The monoisotopic (exact) mass is 474 g/mol. The highest BCUT2D eigenvalue weighted by molar-refractivity contribution is 9.10. The molecule has 0 bridgehead atoms. The van der Waals surface area contributed by atoms with E-state index in [-0.39, 0.29) is 0 Å². The molecule has 0 saturated carbocycles. The van der Waals surface area contributed by atoms with Gasteiger partial charge in [0.1, 0.15) is 5.60 Å². The Hall–Kier alpha value is -2.82. The molecule has 3 nitrogen and oxygen atoms in total. The summed E-state index contributed by atoms with van der Waals surface area (Å²) in [7, 11) is 8.17. The van der Waals surface area contributed by atoms with Crippen LogP contribution in [0.3, 0.4) is 0 Å². The third-order valence-corrected chi connectivity index (χ3v) is 6.39. The first kappa shape index (κ1) is 21.4. The molecule has 0 aromatic heterocycles. The molecule has 1 N–H and O–H groups in total. The maximum Gasteiger partial charge on any atom is 0.142 e. The van der Waals surface area contributed by atoms with Crippen LogP contribution in [0.25, 0.3) is 10.8 Å². The molecule has 0 radical (unpaired) electrons. The largest absolute Gasteiger partial charge is 0.377 e. The molecule has 0 spiro atoms. The molecule has 0 aliphatic carbocycles. The van der Waals surface area contributed by atoms with E-state index in [9.17, 15) is 5.11 Å². The summed E-state index contributed by atoms with van der Waals surface area (Å²) in [5, 5.41) is 14.7. The SMILES string of the molecule is CN(C)c1c(Br)ccc2ccc(C(O)(c3ccccc3)c3ccccc3)c(N(C)C)c12. The second-order valence-corrected chi connectivity index (χ2v) is 9.04. The van der Waals surface area contributed by atoms with Crippen molar-refractivity contribution in [3.05, 3.63) is 106 Å². The molecule has 0 aliphatic heterocycles. The number of rotatable bonds is 5. The van der Waals surface area contributed by atoms with Gasteiger partial charge in [0.25, 0.3) is 0 Å². The van der Waals surface area contributed by atoms with Gasteiger partial charge in [0.15, 0.2) is 0 Å². The maximum absolute atomic E-state index is 12.5. The second kappa shape index (κ2) is 8.37. The fourth-order valence-electron chi connectivity index (χ4n) is 4.39. The topological polar surface area (TPSA) is 26.7 Å². The Labute approximate surface area is 192 Å². The van der Waals surface area contributed by atoms with Gasteiger partial charge in [-0.15, -0.1) is 0 Å². The fraction of sp³-hybridized carbons (Fsp3) is 0.185. The molecule has 0 amide bonds. The summed E-state index contributed by atoms with van der Waals surface area (Å²) in [5.41, 5.74) is 3.31. The van der Waals surface area contributed by atoms with E-state index in [1.54, 1.807) is 0 Å². The summed E-state index contributed by atoms with van der Waals surface area (Å²) in [6, 6.07) is 28.2. The van der Waals surface area contributed by atoms with Crippen molar-refractivity contribution in [2.45, 2.75) is 5.60 Å². The van der Waals surface area contributed by atoms with Crippen LogP contribution in [0.1, 0.15) is 16.7 Å². The van der Waals surface area contributed by atoms with Gasteiger partial charge < -0.3 is 14.9 Å².